The summed E-state index contributed by atoms with van der Waals surface area (Å²) >= 11 is 6.39. The Morgan fingerprint density at radius 2 is 1.70 bits per heavy atom. The zero-order valence-electron chi connectivity index (χ0n) is 13.0. The summed E-state index contributed by atoms with van der Waals surface area (Å²) in [5.74, 6) is 0.127. The van der Waals surface area contributed by atoms with Gasteiger partial charge in [-0.3, -0.25) is 4.79 Å². The van der Waals surface area contributed by atoms with Gasteiger partial charge in [0.2, 0.25) is 5.91 Å². The van der Waals surface area contributed by atoms with E-state index in [4.69, 9.17) is 16.3 Å². The van der Waals surface area contributed by atoms with Crippen LogP contribution in [0.4, 0.5) is 0 Å². The zero-order valence-corrected chi connectivity index (χ0v) is 13.7. The Kier molecular flexibility index (Phi) is 5.31. The Hall–Kier alpha value is -1.84. The number of amides is 1. The lowest BCUT2D eigenvalue weighted by Gasteiger charge is -2.29. The standard InChI is InChI=1S/C19H20ClNO2/c20-18-9-5-4-8-16(18)17(15-6-2-1-3-7-15)14-19(22)21-10-12-23-13-11-21/h1-9,17H,10-14H2/t17-/m0/s1. The maximum atomic E-state index is 12.7. The molecule has 3 rings (SSSR count). The van der Waals surface area contributed by atoms with Crippen molar-refractivity contribution in [2.24, 2.45) is 0 Å². The fourth-order valence-corrected chi connectivity index (χ4v) is 3.23. The lowest BCUT2D eigenvalue weighted by atomic mass is 9.88. The van der Waals surface area contributed by atoms with E-state index in [1.54, 1.807) is 0 Å². The summed E-state index contributed by atoms with van der Waals surface area (Å²) in [6.45, 7) is 2.58. The van der Waals surface area contributed by atoms with Crippen molar-refractivity contribution in [3.05, 3.63) is 70.7 Å². The first kappa shape index (κ1) is 16.0. The summed E-state index contributed by atoms with van der Waals surface area (Å²) in [6, 6.07) is 17.9. The molecule has 23 heavy (non-hydrogen) atoms. The molecule has 2 aromatic rings. The molecule has 0 radical (unpaired) electrons. The van der Waals surface area contributed by atoms with Gasteiger partial charge in [0.15, 0.2) is 0 Å². The predicted octanol–water partition coefficient (Wildman–Crippen LogP) is 3.72. The minimum Gasteiger partial charge on any atom is -0.378 e. The molecule has 3 nitrogen and oxygen atoms in total. The number of rotatable bonds is 4. The summed E-state index contributed by atoms with van der Waals surface area (Å²) in [5.41, 5.74) is 2.11. The highest BCUT2D eigenvalue weighted by atomic mass is 35.5. The predicted molar refractivity (Wildman–Crippen MR) is 91.8 cm³/mol. The first-order chi connectivity index (χ1) is 11.3. The third kappa shape index (κ3) is 3.92. The number of morpholine rings is 1. The van der Waals surface area contributed by atoms with Crippen LogP contribution in [0.2, 0.25) is 5.02 Å². The van der Waals surface area contributed by atoms with E-state index in [9.17, 15) is 4.79 Å². The molecule has 1 heterocycles. The van der Waals surface area contributed by atoms with E-state index in [2.05, 4.69) is 12.1 Å². The number of halogens is 1. The molecule has 0 bridgehead atoms. The van der Waals surface area contributed by atoms with Gasteiger partial charge in [0.1, 0.15) is 0 Å². The van der Waals surface area contributed by atoms with E-state index in [0.717, 1.165) is 11.1 Å². The summed E-state index contributed by atoms with van der Waals surface area (Å²) in [7, 11) is 0. The van der Waals surface area contributed by atoms with Gasteiger partial charge in [0.05, 0.1) is 13.2 Å². The van der Waals surface area contributed by atoms with Crippen molar-refractivity contribution in [2.75, 3.05) is 26.3 Å². The molecule has 0 aliphatic carbocycles. The average Bonchev–Trinajstić information content (AvgIpc) is 2.62. The molecule has 1 aliphatic heterocycles. The SMILES string of the molecule is O=C(C[C@@H](c1ccccc1)c1ccccc1Cl)N1CCOCC1. The van der Waals surface area contributed by atoms with Crippen LogP contribution >= 0.6 is 11.6 Å². The number of nitrogens with zero attached hydrogens (tertiary/aromatic N) is 1. The Balaban J connectivity index is 1.87. The van der Waals surface area contributed by atoms with Crippen molar-refractivity contribution in [3.8, 4) is 0 Å². The number of hydrogen-bond acceptors (Lipinski definition) is 2. The molecule has 0 unspecified atom stereocenters. The van der Waals surface area contributed by atoms with Crippen molar-refractivity contribution < 1.29 is 9.53 Å². The fraction of sp³-hybridized carbons (Fsp3) is 0.316. The molecule has 120 valence electrons. The second kappa shape index (κ2) is 7.62. The van der Waals surface area contributed by atoms with E-state index in [-0.39, 0.29) is 11.8 Å². The summed E-state index contributed by atoms with van der Waals surface area (Å²) < 4.78 is 5.33. The van der Waals surface area contributed by atoms with Crippen LogP contribution in [0.3, 0.4) is 0 Å². The van der Waals surface area contributed by atoms with Gasteiger partial charge in [-0.1, -0.05) is 60.1 Å². The van der Waals surface area contributed by atoms with Crippen LogP contribution in [0, 0.1) is 0 Å². The van der Waals surface area contributed by atoms with Crippen LogP contribution in [0.15, 0.2) is 54.6 Å². The molecule has 0 N–H and O–H groups in total. The fourth-order valence-electron chi connectivity index (χ4n) is 2.97. The monoisotopic (exact) mass is 329 g/mol. The largest absolute Gasteiger partial charge is 0.378 e. The first-order valence-corrected chi connectivity index (χ1v) is 8.28. The van der Waals surface area contributed by atoms with Crippen molar-refractivity contribution >= 4 is 17.5 Å². The zero-order chi connectivity index (χ0) is 16.1. The second-order valence-corrected chi connectivity index (χ2v) is 6.09. The highest BCUT2D eigenvalue weighted by molar-refractivity contribution is 6.31. The van der Waals surface area contributed by atoms with Gasteiger partial charge >= 0.3 is 0 Å². The molecule has 1 amide bonds. The van der Waals surface area contributed by atoms with Crippen LogP contribution in [0.5, 0.6) is 0 Å². The molecule has 0 saturated carbocycles. The molecule has 1 saturated heterocycles. The van der Waals surface area contributed by atoms with Crippen LogP contribution in [-0.4, -0.2) is 37.1 Å². The number of carbonyl (C=O) groups is 1. The molecular weight excluding hydrogens is 310 g/mol. The molecule has 0 aromatic heterocycles. The summed E-state index contributed by atoms with van der Waals surface area (Å²) in [6.07, 6.45) is 0.424. The van der Waals surface area contributed by atoms with E-state index >= 15 is 0 Å². The Morgan fingerprint density at radius 3 is 2.39 bits per heavy atom. The van der Waals surface area contributed by atoms with Gasteiger partial charge in [-0.2, -0.15) is 0 Å². The van der Waals surface area contributed by atoms with Crippen molar-refractivity contribution in [3.63, 3.8) is 0 Å². The maximum absolute atomic E-state index is 12.7. The number of ether oxygens (including phenoxy) is 1. The van der Waals surface area contributed by atoms with Crippen molar-refractivity contribution in [2.45, 2.75) is 12.3 Å². The van der Waals surface area contributed by atoms with Gasteiger partial charge in [0, 0.05) is 30.5 Å². The third-order valence-electron chi connectivity index (χ3n) is 4.23. The Labute approximate surface area is 141 Å². The quantitative estimate of drug-likeness (QED) is 0.855. The van der Waals surface area contributed by atoms with Crippen LogP contribution in [0.25, 0.3) is 0 Å². The molecule has 4 heteroatoms. The molecule has 1 aliphatic rings. The number of benzene rings is 2. The summed E-state index contributed by atoms with van der Waals surface area (Å²) in [4.78, 5) is 14.6. The minimum absolute atomic E-state index is 0.0276. The number of carbonyl (C=O) groups excluding carboxylic acids is 1. The smallest absolute Gasteiger partial charge is 0.223 e. The number of hydrogen-bond donors (Lipinski definition) is 0. The molecule has 1 atom stereocenters. The van der Waals surface area contributed by atoms with Gasteiger partial charge in [-0.15, -0.1) is 0 Å². The van der Waals surface area contributed by atoms with Gasteiger partial charge in [0.25, 0.3) is 0 Å². The van der Waals surface area contributed by atoms with E-state index in [1.807, 2.05) is 47.4 Å². The van der Waals surface area contributed by atoms with Crippen LogP contribution < -0.4 is 0 Å². The van der Waals surface area contributed by atoms with Crippen molar-refractivity contribution in [1.29, 1.82) is 0 Å². The first-order valence-electron chi connectivity index (χ1n) is 7.90. The van der Waals surface area contributed by atoms with Crippen LogP contribution in [0.1, 0.15) is 23.5 Å². The normalized spacial score (nSPS) is 16.1. The average molecular weight is 330 g/mol. The summed E-state index contributed by atoms with van der Waals surface area (Å²) in [5, 5.41) is 0.705. The molecule has 1 fully saturated rings. The third-order valence-corrected chi connectivity index (χ3v) is 4.57. The van der Waals surface area contributed by atoms with E-state index in [1.165, 1.54) is 0 Å². The topological polar surface area (TPSA) is 29.5 Å². The van der Waals surface area contributed by atoms with Gasteiger partial charge in [-0.05, 0) is 17.2 Å². The van der Waals surface area contributed by atoms with Gasteiger partial charge < -0.3 is 9.64 Å². The maximum Gasteiger partial charge on any atom is 0.223 e. The van der Waals surface area contributed by atoms with E-state index < -0.39 is 0 Å². The second-order valence-electron chi connectivity index (χ2n) is 5.68. The lowest BCUT2D eigenvalue weighted by Crippen LogP contribution is -2.41. The van der Waals surface area contributed by atoms with E-state index in [0.29, 0.717) is 37.7 Å². The van der Waals surface area contributed by atoms with Gasteiger partial charge in [-0.25, -0.2) is 0 Å². The molecule has 2 aromatic carbocycles. The Morgan fingerprint density at radius 1 is 1.04 bits per heavy atom. The highest BCUT2D eigenvalue weighted by Gasteiger charge is 2.24. The molecular formula is C19H20ClNO2. The van der Waals surface area contributed by atoms with Crippen LogP contribution in [-0.2, 0) is 9.53 Å². The van der Waals surface area contributed by atoms with Crippen molar-refractivity contribution in [1.82, 2.24) is 4.90 Å². The molecule has 0 spiro atoms. The Bertz CT molecular complexity index is 653. The highest BCUT2D eigenvalue weighted by Crippen LogP contribution is 2.33. The minimum atomic E-state index is -0.0276. The lowest BCUT2D eigenvalue weighted by molar-refractivity contribution is -0.135.